The van der Waals surface area contributed by atoms with Crippen molar-refractivity contribution in [2.75, 3.05) is 13.1 Å². The van der Waals surface area contributed by atoms with E-state index in [2.05, 4.69) is 9.47 Å². The molecule has 1 saturated heterocycles. The lowest BCUT2D eigenvalue weighted by Crippen LogP contribution is -2.74. The number of likely N-dealkylation sites (tertiary alicyclic amines) is 1. The van der Waals surface area contributed by atoms with Crippen LogP contribution in [0.15, 0.2) is 24.3 Å². The van der Waals surface area contributed by atoms with Gasteiger partial charge < -0.3 is 24.6 Å². The van der Waals surface area contributed by atoms with E-state index in [0.717, 1.165) is 53.7 Å². The van der Waals surface area contributed by atoms with Crippen molar-refractivity contribution >= 4 is 10.9 Å². The number of aliphatic hydroxyl groups excluding tert-OH is 1. The molecule has 3 aliphatic heterocycles. The highest BCUT2D eigenvalue weighted by Gasteiger charge is 2.73. The van der Waals surface area contributed by atoms with E-state index in [1.165, 1.54) is 24.5 Å². The van der Waals surface area contributed by atoms with Gasteiger partial charge in [0, 0.05) is 42.1 Å². The number of aromatic hydroxyl groups is 1. The van der Waals surface area contributed by atoms with Gasteiger partial charge in [-0.15, -0.1) is 0 Å². The molecule has 36 heavy (non-hydrogen) atoms. The van der Waals surface area contributed by atoms with Crippen molar-refractivity contribution in [2.24, 2.45) is 5.92 Å². The summed E-state index contributed by atoms with van der Waals surface area (Å²) in [5.41, 5.74) is 3.83. The monoisotopic (exact) mass is 488 g/mol. The summed E-state index contributed by atoms with van der Waals surface area (Å²) in [6.07, 6.45) is 3.76. The lowest BCUT2D eigenvalue weighted by atomic mass is 9.49. The predicted octanol–water partition coefficient (Wildman–Crippen LogP) is 3.62. The number of nitrogens with zero attached hydrogens (tertiary/aromatic N) is 2. The Balaban J connectivity index is 1.36. The van der Waals surface area contributed by atoms with Gasteiger partial charge >= 0.3 is 0 Å². The first-order valence-corrected chi connectivity index (χ1v) is 13.4. The number of aromatic nitrogens is 1. The largest absolute Gasteiger partial charge is 0.504 e. The normalized spacial score (nSPS) is 35.5. The quantitative estimate of drug-likeness (QED) is 0.514. The van der Waals surface area contributed by atoms with Crippen molar-refractivity contribution in [3.8, 4) is 11.5 Å². The van der Waals surface area contributed by atoms with Crippen molar-refractivity contribution in [2.45, 2.75) is 74.3 Å². The van der Waals surface area contributed by atoms with Crippen molar-refractivity contribution in [3.63, 3.8) is 0 Å². The molecule has 5 atom stereocenters. The molecule has 2 fully saturated rings. The highest BCUT2D eigenvalue weighted by atomic mass is 19.1. The molecular formula is C29H29FN2O4. The Morgan fingerprint density at radius 3 is 2.83 bits per heavy atom. The van der Waals surface area contributed by atoms with E-state index in [9.17, 15) is 19.7 Å². The smallest absolute Gasteiger partial charge is 0.166 e. The SMILES string of the molecule is Oc1ccc2c3c1O[C@H]1c4c(c5cc(F)cc6c5n4CC[C@@H]6O)C[C@@]4(O)[C@@H](C2)N(CC2CC2)CC[C@]314. The van der Waals surface area contributed by atoms with Crippen molar-refractivity contribution in [1.29, 1.82) is 0 Å². The Labute approximate surface area is 207 Å². The van der Waals surface area contributed by atoms with Crippen LogP contribution in [0, 0.1) is 11.7 Å². The van der Waals surface area contributed by atoms with Crippen LogP contribution in [0.25, 0.3) is 10.9 Å². The third kappa shape index (κ3) is 2.14. The maximum absolute atomic E-state index is 14.9. The van der Waals surface area contributed by atoms with Gasteiger partial charge in [-0.2, -0.15) is 0 Å². The minimum atomic E-state index is -1.10. The summed E-state index contributed by atoms with van der Waals surface area (Å²) < 4.78 is 23.8. The third-order valence-electron chi connectivity index (χ3n) is 10.5. The fourth-order valence-corrected chi connectivity index (χ4v) is 8.87. The van der Waals surface area contributed by atoms with Crippen molar-refractivity contribution < 1.29 is 24.4 Å². The number of piperidine rings is 1. The number of hydrogen-bond donors (Lipinski definition) is 3. The lowest BCUT2D eigenvalue weighted by molar-refractivity contribution is -0.173. The minimum absolute atomic E-state index is 0.0590. The number of ether oxygens (including phenoxy) is 1. The summed E-state index contributed by atoms with van der Waals surface area (Å²) in [4.78, 5) is 2.51. The van der Waals surface area contributed by atoms with E-state index >= 15 is 0 Å². The molecule has 7 heteroatoms. The molecule has 9 rings (SSSR count). The van der Waals surface area contributed by atoms with Gasteiger partial charge in [0.05, 0.1) is 28.3 Å². The van der Waals surface area contributed by atoms with Gasteiger partial charge in [-0.05, 0) is 73.9 Å². The number of aryl methyl sites for hydroxylation is 1. The van der Waals surface area contributed by atoms with Crippen LogP contribution in [0.1, 0.15) is 65.8 Å². The van der Waals surface area contributed by atoms with Crippen molar-refractivity contribution in [1.82, 2.24) is 9.47 Å². The summed E-state index contributed by atoms with van der Waals surface area (Å²) in [6.45, 7) is 2.52. The molecule has 186 valence electrons. The fourth-order valence-electron chi connectivity index (χ4n) is 8.87. The van der Waals surface area contributed by atoms with Gasteiger partial charge in [0.15, 0.2) is 17.6 Å². The maximum Gasteiger partial charge on any atom is 0.166 e. The van der Waals surface area contributed by atoms with Gasteiger partial charge in [0.25, 0.3) is 0 Å². The average molecular weight is 489 g/mol. The average Bonchev–Trinajstić information content (AvgIpc) is 3.52. The molecule has 2 bridgehead atoms. The van der Waals surface area contributed by atoms with Gasteiger partial charge in [-0.25, -0.2) is 4.39 Å². The Morgan fingerprint density at radius 1 is 1.14 bits per heavy atom. The molecular weight excluding hydrogens is 459 g/mol. The molecule has 2 aromatic carbocycles. The van der Waals surface area contributed by atoms with Gasteiger partial charge in [-0.3, -0.25) is 4.90 Å². The van der Waals surface area contributed by atoms with Crippen molar-refractivity contribution in [3.05, 3.63) is 58.0 Å². The summed E-state index contributed by atoms with van der Waals surface area (Å²) in [5, 5.41) is 35.4. The highest BCUT2D eigenvalue weighted by Crippen LogP contribution is 2.69. The maximum atomic E-state index is 14.9. The van der Waals surface area contributed by atoms with E-state index in [1.54, 1.807) is 12.1 Å². The van der Waals surface area contributed by atoms with Crippen LogP contribution >= 0.6 is 0 Å². The second-order valence-corrected chi connectivity index (χ2v) is 12.1. The van der Waals surface area contributed by atoms with Crippen LogP contribution in [0.4, 0.5) is 4.39 Å². The second kappa shape index (κ2) is 6.26. The molecule has 3 N–H and O–H groups in total. The molecule has 1 spiro atoms. The highest BCUT2D eigenvalue weighted by molar-refractivity contribution is 5.90. The predicted molar refractivity (Wildman–Crippen MR) is 130 cm³/mol. The fraction of sp³-hybridized carbons (Fsp3) is 0.517. The summed E-state index contributed by atoms with van der Waals surface area (Å²) >= 11 is 0. The number of benzene rings is 2. The molecule has 4 heterocycles. The molecule has 0 unspecified atom stereocenters. The van der Waals surface area contributed by atoms with E-state index in [0.29, 0.717) is 36.6 Å². The van der Waals surface area contributed by atoms with Gasteiger partial charge in [-0.1, -0.05) is 6.07 Å². The van der Waals surface area contributed by atoms with Crippen LogP contribution in [0.2, 0.25) is 0 Å². The van der Waals surface area contributed by atoms with E-state index < -0.39 is 23.2 Å². The number of phenolic OH excluding ortho intramolecular Hbond substituents is 1. The zero-order chi connectivity index (χ0) is 24.1. The minimum Gasteiger partial charge on any atom is -0.504 e. The molecule has 0 amide bonds. The Morgan fingerprint density at radius 2 is 2.00 bits per heavy atom. The topological polar surface area (TPSA) is 78.1 Å². The molecule has 3 aliphatic carbocycles. The Kier molecular flexibility index (Phi) is 3.56. The second-order valence-electron chi connectivity index (χ2n) is 12.1. The van der Waals surface area contributed by atoms with E-state index in [4.69, 9.17) is 4.74 Å². The number of phenols is 1. The van der Waals surface area contributed by atoms with Crippen LogP contribution in [0.3, 0.4) is 0 Å². The summed E-state index contributed by atoms with van der Waals surface area (Å²) in [5.74, 6) is 0.985. The molecule has 1 saturated carbocycles. The zero-order valence-electron chi connectivity index (χ0n) is 20.0. The van der Waals surface area contributed by atoms with Crippen LogP contribution in [0.5, 0.6) is 11.5 Å². The first kappa shape index (κ1) is 20.4. The molecule has 0 radical (unpaired) electrons. The van der Waals surface area contributed by atoms with Crippen LogP contribution in [-0.2, 0) is 24.8 Å². The summed E-state index contributed by atoms with van der Waals surface area (Å²) in [6, 6.07) is 6.72. The Bertz CT molecular complexity index is 1510. The molecule has 3 aromatic rings. The molecule has 6 aliphatic rings. The number of halogens is 1. The lowest BCUT2D eigenvalue weighted by Gasteiger charge is -2.63. The van der Waals surface area contributed by atoms with Gasteiger partial charge in [0.1, 0.15) is 5.82 Å². The third-order valence-corrected chi connectivity index (χ3v) is 10.5. The van der Waals surface area contributed by atoms with Crippen LogP contribution in [-0.4, -0.2) is 49.5 Å². The number of rotatable bonds is 2. The molecule has 6 nitrogen and oxygen atoms in total. The Hall–Kier alpha value is -2.61. The van der Waals surface area contributed by atoms with E-state index in [-0.39, 0.29) is 17.6 Å². The first-order valence-electron chi connectivity index (χ1n) is 13.4. The number of fused-ring (bicyclic) bond motifs is 4. The summed E-state index contributed by atoms with van der Waals surface area (Å²) in [7, 11) is 0. The van der Waals surface area contributed by atoms with Gasteiger partial charge in [0.2, 0.25) is 0 Å². The molecule has 1 aromatic heterocycles. The van der Waals surface area contributed by atoms with Crippen LogP contribution < -0.4 is 4.74 Å². The first-order chi connectivity index (χ1) is 17.4. The van der Waals surface area contributed by atoms with E-state index in [1.807, 2.05) is 6.07 Å². The standard InChI is InChI=1S/C29H29FN2O4/c30-16-10-17-19-12-29(35)22-9-15-3-4-21(34)26-23(15)28(29,6-8-31(22)13-14-1-2-14)27(36-26)25(19)32-7-5-20(33)18(11-16)24(17)32/h3-4,10-11,14,20,22,27,33-35H,1-2,5-9,12-13H2/t20-,22+,27-,28-,29+/m0/s1. The number of hydrogen-bond acceptors (Lipinski definition) is 5. The number of aliphatic hydroxyl groups is 2. The zero-order valence-corrected chi connectivity index (χ0v) is 20.0.